The van der Waals surface area contributed by atoms with E-state index in [1.807, 2.05) is 0 Å². The lowest BCUT2D eigenvalue weighted by molar-refractivity contribution is -0.112. The predicted octanol–water partition coefficient (Wildman–Crippen LogP) is 3.27. The lowest BCUT2D eigenvalue weighted by Crippen LogP contribution is -2.18. The second kappa shape index (κ2) is 5.16. The molecule has 0 aromatic heterocycles. The lowest BCUT2D eigenvalue weighted by atomic mass is 9.85. The van der Waals surface area contributed by atoms with Gasteiger partial charge in [-0.2, -0.15) is 0 Å². The van der Waals surface area contributed by atoms with Crippen LogP contribution in [-0.4, -0.2) is 16.8 Å². The Kier molecular flexibility index (Phi) is 3.43. The van der Waals surface area contributed by atoms with Crippen LogP contribution < -0.4 is 5.73 Å². The maximum absolute atomic E-state index is 12.6. The quantitative estimate of drug-likeness (QED) is 0.846. The molecule has 0 saturated heterocycles. The zero-order valence-corrected chi connectivity index (χ0v) is 12.6. The number of phenolic OH excluding ortho intramolecular Hbond substituents is 1. The highest BCUT2D eigenvalue weighted by Gasteiger charge is 2.26. The molecule has 0 radical (unpaired) electrons. The normalized spacial score (nSPS) is 12.2. The van der Waals surface area contributed by atoms with Gasteiger partial charge >= 0.3 is 0 Å². The summed E-state index contributed by atoms with van der Waals surface area (Å²) in [6, 6.07) is 7.54. The fourth-order valence-corrected chi connectivity index (χ4v) is 2.92. The molecule has 0 aliphatic heterocycles. The molecule has 22 heavy (non-hydrogen) atoms. The van der Waals surface area contributed by atoms with Crippen LogP contribution in [0.15, 0.2) is 30.3 Å². The number of amides is 1. The molecule has 2 aromatic rings. The van der Waals surface area contributed by atoms with Crippen molar-refractivity contribution >= 4 is 46.5 Å². The van der Waals surface area contributed by atoms with Gasteiger partial charge in [-0.3, -0.25) is 9.59 Å². The minimum absolute atomic E-state index is 0.0634. The summed E-state index contributed by atoms with van der Waals surface area (Å²) in [6.07, 6.45) is 1.56. The van der Waals surface area contributed by atoms with Crippen molar-refractivity contribution in [3.8, 4) is 5.75 Å². The van der Waals surface area contributed by atoms with Crippen LogP contribution >= 0.6 is 23.2 Å². The van der Waals surface area contributed by atoms with Crippen molar-refractivity contribution in [3.63, 3.8) is 0 Å². The third-order valence-electron chi connectivity index (χ3n) is 3.46. The average Bonchev–Trinajstić information content (AvgIpc) is 2.41. The van der Waals surface area contributed by atoms with Gasteiger partial charge in [0, 0.05) is 5.57 Å². The zero-order valence-electron chi connectivity index (χ0n) is 11.1. The number of rotatable bonds is 3. The largest absolute Gasteiger partial charge is 0.507 e. The second-order valence-electron chi connectivity index (χ2n) is 4.80. The Morgan fingerprint density at radius 2 is 1.73 bits per heavy atom. The van der Waals surface area contributed by atoms with Gasteiger partial charge in [0.15, 0.2) is 5.78 Å². The predicted molar refractivity (Wildman–Crippen MR) is 85.1 cm³/mol. The summed E-state index contributed by atoms with van der Waals surface area (Å²) < 4.78 is 0. The number of fused-ring (bicyclic) bond motifs is 1. The third-order valence-corrected chi connectivity index (χ3v) is 4.09. The van der Waals surface area contributed by atoms with E-state index in [0.717, 1.165) is 0 Å². The first-order chi connectivity index (χ1) is 10.4. The van der Waals surface area contributed by atoms with Gasteiger partial charge in [0.1, 0.15) is 5.75 Å². The summed E-state index contributed by atoms with van der Waals surface area (Å²) in [5, 5.41) is 10.5. The number of carbonyl (C=O) groups is 2. The van der Waals surface area contributed by atoms with Crippen LogP contribution in [0.5, 0.6) is 5.75 Å². The van der Waals surface area contributed by atoms with Gasteiger partial charge in [0.2, 0.25) is 5.91 Å². The SMILES string of the molecule is NC(=O)C1=Cc2cc(C(=O)c3c(Cl)cccc3Cl)c(O)cc21. The standard InChI is InChI=1S/C16H9Cl2NO3/c17-11-2-1-3-12(18)14(11)15(21)10-5-7-4-9(16(19)22)8(7)6-13(10)20/h1-6,20H,(H2,19,22). The summed E-state index contributed by atoms with van der Waals surface area (Å²) in [5.74, 6) is -1.33. The molecule has 0 heterocycles. The second-order valence-corrected chi connectivity index (χ2v) is 5.62. The van der Waals surface area contributed by atoms with Crippen molar-refractivity contribution in [2.45, 2.75) is 0 Å². The summed E-state index contributed by atoms with van der Waals surface area (Å²) in [7, 11) is 0. The van der Waals surface area contributed by atoms with Crippen LogP contribution in [-0.2, 0) is 4.79 Å². The molecule has 1 aliphatic carbocycles. The van der Waals surface area contributed by atoms with Gasteiger partial charge in [-0.05, 0) is 41.5 Å². The van der Waals surface area contributed by atoms with Crippen molar-refractivity contribution in [1.29, 1.82) is 0 Å². The number of nitrogens with two attached hydrogens (primary N) is 1. The van der Waals surface area contributed by atoms with E-state index in [-0.39, 0.29) is 26.9 Å². The van der Waals surface area contributed by atoms with E-state index >= 15 is 0 Å². The topological polar surface area (TPSA) is 80.4 Å². The van der Waals surface area contributed by atoms with E-state index in [2.05, 4.69) is 0 Å². The molecular weight excluding hydrogens is 325 g/mol. The van der Waals surface area contributed by atoms with E-state index < -0.39 is 11.7 Å². The van der Waals surface area contributed by atoms with Crippen molar-refractivity contribution < 1.29 is 14.7 Å². The van der Waals surface area contributed by atoms with Crippen molar-refractivity contribution in [3.05, 3.63) is 62.6 Å². The Bertz CT molecular complexity index is 852. The van der Waals surface area contributed by atoms with Crippen molar-refractivity contribution in [2.75, 3.05) is 0 Å². The van der Waals surface area contributed by atoms with Crippen LogP contribution in [0.2, 0.25) is 10.0 Å². The summed E-state index contributed by atoms with van der Waals surface area (Å²) in [6.45, 7) is 0. The lowest BCUT2D eigenvalue weighted by Gasteiger charge is -2.19. The summed E-state index contributed by atoms with van der Waals surface area (Å²) in [4.78, 5) is 23.7. The highest BCUT2D eigenvalue weighted by molar-refractivity contribution is 6.41. The third kappa shape index (κ3) is 2.17. The first-order valence-corrected chi connectivity index (χ1v) is 7.03. The molecule has 0 bridgehead atoms. The number of primary amides is 1. The van der Waals surface area contributed by atoms with Crippen molar-refractivity contribution in [1.82, 2.24) is 0 Å². The molecule has 0 atom stereocenters. The highest BCUT2D eigenvalue weighted by atomic mass is 35.5. The maximum atomic E-state index is 12.6. The monoisotopic (exact) mass is 333 g/mol. The van der Waals surface area contributed by atoms with E-state index in [0.29, 0.717) is 16.7 Å². The molecule has 1 amide bonds. The fourth-order valence-electron chi connectivity index (χ4n) is 2.35. The van der Waals surface area contributed by atoms with Gasteiger partial charge < -0.3 is 10.8 Å². The zero-order chi connectivity index (χ0) is 16.0. The van der Waals surface area contributed by atoms with Crippen LogP contribution in [0.1, 0.15) is 27.0 Å². The van der Waals surface area contributed by atoms with E-state index in [4.69, 9.17) is 28.9 Å². The number of hydrogen-bond acceptors (Lipinski definition) is 3. The van der Waals surface area contributed by atoms with E-state index in [1.165, 1.54) is 12.1 Å². The minimum Gasteiger partial charge on any atom is -0.507 e. The Morgan fingerprint density at radius 3 is 2.32 bits per heavy atom. The smallest absolute Gasteiger partial charge is 0.249 e. The van der Waals surface area contributed by atoms with Gasteiger partial charge in [0.05, 0.1) is 21.2 Å². The van der Waals surface area contributed by atoms with E-state index in [9.17, 15) is 14.7 Å². The number of ketones is 1. The number of hydrogen-bond donors (Lipinski definition) is 2. The average molecular weight is 334 g/mol. The molecule has 0 fully saturated rings. The van der Waals surface area contributed by atoms with Crippen LogP contribution in [0.25, 0.3) is 11.6 Å². The van der Waals surface area contributed by atoms with Gasteiger partial charge in [0.25, 0.3) is 0 Å². The molecular formula is C16H9Cl2NO3. The Labute approximate surface area is 135 Å². The molecule has 0 spiro atoms. The summed E-state index contributed by atoms with van der Waals surface area (Å²) >= 11 is 12.0. The first-order valence-electron chi connectivity index (χ1n) is 6.27. The number of carbonyl (C=O) groups excluding carboxylic acids is 2. The Hall–Kier alpha value is -2.30. The van der Waals surface area contributed by atoms with Gasteiger partial charge in [-0.25, -0.2) is 0 Å². The molecule has 4 nitrogen and oxygen atoms in total. The number of aromatic hydroxyl groups is 1. The maximum Gasteiger partial charge on any atom is 0.249 e. The molecule has 3 N–H and O–H groups in total. The molecule has 6 heteroatoms. The van der Waals surface area contributed by atoms with Gasteiger partial charge in [-0.15, -0.1) is 0 Å². The van der Waals surface area contributed by atoms with Crippen molar-refractivity contribution in [2.24, 2.45) is 5.73 Å². The number of phenols is 1. The molecule has 110 valence electrons. The molecule has 0 saturated carbocycles. The number of halogens is 2. The Balaban J connectivity index is 2.08. The molecule has 0 unspecified atom stereocenters. The Morgan fingerprint density at radius 1 is 1.09 bits per heavy atom. The summed E-state index contributed by atoms with van der Waals surface area (Å²) in [5.41, 5.74) is 6.88. The molecule has 3 rings (SSSR count). The highest BCUT2D eigenvalue weighted by Crippen LogP contribution is 2.38. The van der Waals surface area contributed by atoms with Gasteiger partial charge in [-0.1, -0.05) is 29.3 Å². The first kappa shape index (κ1) is 14.6. The molecule has 2 aromatic carbocycles. The van der Waals surface area contributed by atoms with E-state index in [1.54, 1.807) is 24.3 Å². The van der Waals surface area contributed by atoms with Crippen LogP contribution in [0.4, 0.5) is 0 Å². The van der Waals surface area contributed by atoms with Crippen LogP contribution in [0.3, 0.4) is 0 Å². The fraction of sp³-hybridized carbons (Fsp3) is 0. The number of benzene rings is 2. The molecule has 1 aliphatic rings. The minimum atomic E-state index is -0.583. The van der Waals surface area contributed by atoms with Crippen LogP contribution in [0, 0.1) is 0 Å².